The van der Waals surface area contributed by atoms with Crippen LogP contribution in [0.15, 0.2) is 30.3 Å². The first kappa shape index (κ1) is 12.7. The number of aromatic nitrogens is 1. The Balaban J connectivity index is 2.32. The smallest absolute Gasteiger partial charge is 0.0708 e. The molecule has 0 fully saturated rings. The van der Waals surface area contributed by atoms with Crippen LogP contribution in [0.2, 0.25) is 0 Å². The number of pyridine rings is 1. The van der Waals surface area contributed by atoms with Crippen LogP contribution >= 0.6 is 23.4 Å². The number of para-hydroxylation sites is 1. The Morgan fingerprint density at radius 3 is 2.88 bits per heavy atom. The third-order valence-electron chi connectivity index (χ3n) is 2.67. The van der Waals surface area contributed by atoms with Crippen LogP contribution in [0.3, 0.4) is 0 Å². The zero-order valence-corrected chi connectivity index (χ0v) is 11.7. The molecule has 17 heavy (non-hydrogen) atoms. The Morgan fingerprint density at radius 1 is 1.35 bits per heavy atom. The number of benzene rings is 1. The lowest BCUT2D eigenvalue weighted by molar-refractivity contribution is 1.12. The van der Waals surface area contributed by atoms with E-state index in [0.717, 1.165) is 17.0 Å². The van der Waals surface area contributed by atoms with Crippen LogP contribution in [0.4, 0.5) is 0 Å². The van der Waals surface area contributed by atoms with E-state index in [1.807, 2.05) is 24.8 Å². The standard InChI is InChI=1S/C14H16ClNS/c1-10-7-12(9-17-11(2)8-15)13-5-3-4-6-14(13)16-10/h3-7,11H,8-9H2,1-2H3. The molecule has 2 aromatic rings. The molecule has 0 aliphatic heterocycles. The molecule has 0 aliphatic rings. The van der Waals surface area contributed by atoms with Crippen LogP contribution in [0.5, 0.6) is 0 Å². The van der Waals surface area contributed by atoms with E-state index in [0.29, 0.717) is 11.1 Å². The van der Waals surface area contributed by atoms with E-state index < -0.39 is 0 Å². The van der Waals surface area contributed by atoms with Crippen molar-refractivity contribution in [3.8, 4) is 0 Å². The number of hydrogen-bond donors (Lipinski definition) is 0. The first-order valence-electron chi connectivity index (χ1n) is 5.73. The van der Waals surface area contributed by atoms with Gasteiger partial charge in [0.05, 0.1) is 5.52 Å². The second-order valence-corrected chi connectivity index (χ2v) is 5.95. The molecule has 1 heterocycles. The van der Waals surface area contributed by atoms with Crippen molar-refractivity contribution < 1.29 is 0 Å². The Bertz CT molecular complexity index is 513. The molecule has 1 unspecified atom stereocenters. The third-order valence-corrected chi connectivity index (χ3v) is 4.53. The van der Waals surface area contributed by atoms with Crippen LogP contribution < -0.4 is 0 Å². The summed E-state index contributed by atoms with van der Waals surface area (Å²) in [5.74, 6) is 1.70. The van der Waals surface area contributed by atoms with Gasteiger partial charge in [0.25, 0.3) is 0 Å². The molecule has 0 bridgehead atoms. The summed E-state index contributed by atoms with van der Waals surface area (Å²) in [4.78, 5) is 4.55. The number of hydrogen-bond acceptors (Lipinski definition) is 2. The quantitative estimate of drug-likeness (QED) is 0.760. The number of halogens is 1. The second-order valence-electron chi connectivity index (χ2n) is 4.22. The minimum absolute atomic E-state index is 0.490. The number of rotatable bonds is 4. The highest BCUT2D eigenvalue weighted by molar-refractivity contribution is 7.99. The van der Waals surface area contributed by atoms with Crippen LogP contribution in [0, 0.1) is 6.92 Å². The first-order chi connectivity index (χ1) is 8.20. The number of fused-ring (bicyclic) bond motifs is 1. The van der Waals surface area contributed by atoms with E-state index >= 15 is 0 Å². The lowest BCUT2D eigenvalue weighted by Gasteiger charge is -2.10. The van der Waals surface area contributed by atoms with E-state index in [1.54, 1.807) is 0 Å². The van der Waals surface area contributed by atoms with Crippen molar-refractivity contribution in [2.75, 3.05) is 5.88 Å². The molecule has 0 saturated carbocycles. The lowest BCUT2D eigenvalue weighted by Crippen LogP contribution is -1.99. The molecule has 0 saturated heterocycles. The summed E-state index contributed by atoms with van der Waals surface area (Å²) < 4.78 is 0. The fourth-order valence-corrected chi connectivity index (χ4v) is 2.85. The Hall–Kier alpha value is -0.730. The van der Waals surface area contributed by atoms with E-state index in [4.69, 9.17) is 11.6 Å². The Labute approximate surface area is 112 Å². The maximum absolute atomic E-state index is 5.83. The summed E-state index contributed by atoms with van der Waals surface area (Å²) in [6.07, 6.45) is 0. The van der Waals surface area contributed by atoms with Crippen molar-refractivity contribution in [3.63, 3.8) is 0 Å². The zero-order chi connectivity index (χ0) is 12.3. The summed E-state index contributed by atoms with van der Waals surface area (Å²) in [7, 11) is 0. The molecule has 0 N–H and O–H groups in total. The van der Waals surface area contributed by atoms with Gasteiger partial charge >= 0.3 is 0 Å². The van der Waals surface area contributed by atoms with E-state index in [-0.39, 0.29) is 0 Å². The highest BCUT2D eigenvalue weighted by Crippen LogP contribution is 2.25. The predicted molar refractivity (Wildman–Crippen MR) is 78.0 cm³/mol. The van der Waals surface area contributed by atoms with Crippen LogP contribution in [0.1, 0.15) is 18.2 Å². The normalized spacial score (nSPS) is 12.9. The first-order valence-corrected chi connectivity index (χ1v) is 7.32. The summed E-state index contributed by atoms with van der Waals surface area (Å²) in [5, 5.41) is 1.75. The molecule has 0 amide bonds. The maximum Gasteiger partial charge on any atom is 0.0708 e. The SMILES string of the molecule is Cc1cc(CSC(C)CCl)c2ccccc2n1. The van der Waals surface area contributed by atoms with Gasteiger partial charge in [-0.2, -0.15) is 11.8 Å². The average Bonchev–Trinajstić information content (AvgIpc) is 2.35. The van der Waals surface area contributed by atoms with E-state index in [2.05, 4.69) is 36.2 Å². The van der Waals surface area contributed by atoms with Gasteiger partial charge in [0.2, 0.25) is 0 Å². The van der Waals surface area contributed by atoms with Gasteiger partial charge in [-0.1, -0.05) is 25.1 Å². The van der Waals surface area contributed by atoms with Crippen molar-refractivity contribution in [1.29, 1.82) is 0 Å². The van der Waals surface area contributed by atoms with Crippen molar-refractivity contribution >= 4 is 34.3 Å². The van der Waals surface area contributed by atoms with E-state index in [1.165, 1.54) is 10.9 Å². The van der Waals surface area contributed by atoms with Crippen LogP contribution in [0.25, 0.3) is 10.9 Å². The van der Waals surface area contributed by atoms with Gasteiger partial charge in [-0.05, 0) is 24.6 Å². The zero-order valence-electron chi connectivity index (χ0n) is 10.1. The van der Waals surface area contributed by atoms with Crippen LogP contribution in [-0.2, 0) is 5.75 Å². The number of nitrogens with zero attached hydrogens (tertiary/aromatic N) is 1. The summed E-state index contributed by atoms with van der Waals surface area (Å²) in [6, 6.07) is 10.5. The number of thioether (sulfide) groups is 1. The van der Waals surface area contributed by atoms with Gasteiger partial charge in [-0.3, -0.25) is 4.98 Å². The Kier molecular flexibility index (Phi) is 4.30. The van der Waals surface area contributed by atoms with Gasteiger partial charge in [-0.25, -0.2) is 0 Å². The van der Waals surface area contributed by atoms with Crippen molar-refractivity contribution in [3.05, 3.63) is 41.6 Å². The van der Waals surface area contributed by atoms with Gasteiger partial charge < -0.3 is 0 Å². The molecule has 3 heteroatoms. The second kappa shape index (κ2) is 5.74. The lowest BCUT2D eigenvalue weighted by atomic mass is 10.1. The van der Waals surface area contributed by atoms with Crippen molar-refractivity contribution in [2.24, 2.45) is 0 Å². The monoisotopic (exact) mass is 265 g/mol. The van der Waals surface area contributed by atoms with Gasteiger partial charge in [0, 0.05) is 28.0 Å². The molecule has 1 aromatic heterocycles. The molecular formula is C14H16ClNS. The third kappa shape index (κ3) is 3.14. The minimum Gasteiger partial charge on any atom is -0.253 e. The minimum atomic E-state index is 0.490. The molecule has 1 nitrogen and oxygen atoms in total. The molecule has 0 radical (unpaired) electrons. The Morgan fingerprint density at radius 2 is 2.12 bits per heavy atom. The van der Waals surface area contributed by atoms with Crippen LogP contribution in [-0.4, -0.2) is 16.1 Å². The largest absolute Gasteiger partial charge is 0.253 e. The summed E-state index contributed by atoms with van der Waals surface area (Å²) >= 11 is 7.73. The number of alkyl halides is 1. The van der Waals surface area contributed by atoms with Gasteiger partial charge in [0.1, 0.15) is 0 Å². The molecule has 0 spiro atoms. The molecule has 1 aromatic carbocycles. The molecule has 2 rings (SSSR count). The molecule has 90 valence electrons. The molecule has 1 atom stereocenters. The maximum atomic E-state index is 5.83. The predicted octanol–water partition coefficient (Wildman–Crippen LogP) is 4.40. The number of aryl methyl sites for hydroxylation is 1. The fraction of sp³-hybridized carbons (Fsp3) is 0.357. The highest BCUT2D eigenvalue weighted by Gasteiger charge is 2.06. The topological polar surface area (TPSA) is 12.9 Å². The van der Waals surface area contributed by atoms with Crippen molar-refractivity contribution in [2.45, 2.75) is 24.9 Å². The molecular weight excluding hydrogens is 250 g/mol. The van der Waals surface area contributed by atoms with E-state index in [9.17, 15) is 0 Å². The van der Waals surface area contributed by atoms with Gasteiger partial charge in [-0.15, -0.1) is 11.6 Å². The average molecular weight is 266 g/mol. The summed E-state index contributed by atoms with van der Waals surface area (Å²) in [6.45, 7) is 4.21. The van der Waals surface area contributed by atoms with Crippen molar-refractivity contribution in [1.82, 2.24) is 4.98 Å². The summed E-state index contributed by atoms with van der Waals surface area (Å²) in [5.41, 5.74) is 3.52. The fourth-order valence-electron chi connectivity index (χ4n) is 1.79. The van der Waals surface area contributed by atoms with Gasteiger partial charge in [0.15, 0.2) is 0 Å². The molecule has 0 aliphatic carbocycles. The highest BCUT2D eigenvalue weighted by atomic mass is 35.5.